The second kappa shape index (κ2) is 26.6. The van der Waals surface area contributed by atoms with Gasteiger partial charge in [0.25, 0.3) is 17.7 Å². The van der Waals surface area contributed by atoms with Crippen molar-refractivity contribution in [2.24, 2.45) is 5.73 Å². The van der Waals surface area contributed by atoms with Crippen molar-refractivity contribution in [3.05, 3.63) is 45.7 Å². The normalized spacial score (nSPS) is 13.7. The van der Waals surface area contributed by atoms with Gasteiger partial charge in [-0.15, -0.1) is 0 Å². The molecule has 0 radical (unpaired) electrons. The highest BCUT2D eigenvalue weighted by Crippen LogP contribution is 2.40. The quantitative estimate of drug-likeness (QED) is 0.0386. The van der Waals surface area contributed by atoms with Gasteiger partial charge in [0, 0.05) is 26.8 Å². The van der Waals surface area contributed by atoms with Gasteiger partial charge in [0.05, 0.1) is 121 Å². The van der Waals surface area contributed by atoms with Crippen LogP contribution in [0.2, 0.25) is 0 Å². The van der Waals surface area contributed by atoms with E-state index >= 15 is 0 Å². The molecule has 62 heavy (non-hydrogen) atoms. The molecule has 0 bridgehead atoms. The highest BCUT2D eigenvalue weighted by atomic mass is 127. The van der Waals surface area contributed by atoms with Crippen LogP contribution in [-0.2, 0) is 9.59 Å². The van der Waals surface area contributed by atoms with E-state index in [9.17, 15) is 79.8 Å². The van der Waals surface area contributed by atoms with Crippen LogP contribution in [0.4, 0.5) is 11.4 Å². The number of halogens is 5. The summed E-state index contributed by atoms with van der Waals surface area (Å²) in [5, 5.41) is 106. The van der Waals surface area contributed by atoms with Gasteiger partial charge >= 0.3 is 0 Å². The van der Waals surface area contributed by atoms with Crippen LogP contribution >= 0.6 is 113 Å². The lowest BCUT2D eigenvalue weighted by atomic mass is 9.99. The van der Waals surface area contributed by atoms with E-state index in [1.165, 1.54) is 6.92 Å². The van der Waals surface area contributed by atoms with Gasteiger partial charge in [-0.2, -0.15) is 0 Å². The summed E-state index contributed by atoms with van der Waals surface area (Å²) in [6.07, 6.45) is -8.64. The maximum Gasteiger partial charge on any atom is 0.253 e. The molecule has 2 rings (SSSR count). The minimum Gasteiger partial charge on any atom is -0.394 e. The number of hydrogen-bond donors (Lipinski definition) is 14. The lowest BCUT2D eigenvalue weighted by Crippen LogP contribution is -2.46. The second-order valence-corrected chi connectivity index (χ2v) is 18.6. The minimum absolute atomic E-state index is 0.00204. The number of aliphatic hydroxyl groups is 10. The number of anilines is 2. The Balaban J connectivity index is 2.97. The largest absolute Gasteiger partial charge is 0.394 e. The van der Waals surface area contributed by atoms with E-state index < -0.39 is 138 Å². The number of carbonyl (C=O) groups excluding carboxylic acids is 6. The van der Waals surface area contributed by atoms with Gasteiger partial charge < -0.3 is 82.5 Å². The van der Waals surface area contributed by atoms with E-state index in [0.717, 1.165) is 9.80 Å². The summed E-state index contributed by atoms with van der Waals surface area (Å²) in [6.45, 7) is -5.39. The van der Waals surface area contributed by atoms with Gasteiger partial charge in [0.2, 0.25) is 17.7 Å². The van der Waals surface area contributed by atoms with Crippen LogP contribution in [0.5, 0.6) is 0 Å². The third kappa shape index (κ3) is 14.5. The molecule has 0 saturated heterocycles. The topological polar surface area (TPSA) is 373 Å². The number of nitrogens with two attached hydrogens (primary N) is 1. The predicted molar refractivity (Wildman–Crippen MR) is 262 cm³/mol. The minimum atomic E-state index is -1.69. The first-order valence-electron chi connectivity index (χ1n) is 18.0. The van der Waals surface area contributed by atoms with Crippen molar-refractivity contribution in [3.63, 3.8) is 0 Å². The van der Waals surface area contributed by atoms with E-state index in [-0.39, 0.29) is 57.0 Å². The number of rotatable bonds is 23. The molecule has 0 heterocycles. The summed E-state index contributed by atoms with van der Waals surface area (Å²) in [5.74, 6) is -5.95. The van der Waals surface area contributed by atoms with Crippen molar-refractivity contribution in [1.29, 1.82) is 0 Å². The van der Waals surface area contributed by atoms with Gasteiger partial charge in [0.15, 0.2) is 0 Å². The maximum absolute atomic E-state index is 14.6. The molecule has 22 nitrogen and oxygen atoms in total. The summed E-state index contributed by atoms with van der Waals surface area (Å²) >= 11 is 8.45. The number of aliphatic hydroxyl groups excluding tert-OH is 10. The Morgan fingerprint density at radius 1 is 0.500 bits per heavy atom. The summed E-state index contributed by atoms with van der Waals surface area (Å²) in [6, 6.07) is 0. The van der Waals surface area contributed by atoms with Crippen molar-refractivity contribution >= 4 is 160 Å². The number of nitrogens with one attached hydrogen (secondary N) is 3. The fourth-order valence-electron chi connectivity index (χ4n) is 5.47. The highest BCUT2D eigenvalue weighted by Gasteiger charge is 2.37. The van der Waals surface area contributed by atoms with E-state index in [1.807, 2.05) is 0 Å². The Morgan fingerprint density at radius 3 is 1.10 bits per heavy atom. The average Bonchev–Trinajstić information content (AvgIpc) is 3.22. The summed E-state index contributed by atoms with van der Waals surface area (Å²) < 4.78 is -0.0360. The number of nitrogens with zero attached hydrogens (tertiary/aromatic N) is 2. The molecule has 0 saturated carbocycles. The SMILES string of the molecule is Cc1c(C(N)=O)c(I)c(C(=O)NCC(O)CO)c(I)c1N(CC(O)CO)C(=O)CC(=O)N(CC(O)CO)c1c(I)c(C(=O)NCC(O)CO)c(I)c(C(=O)NCC(O)CO)c1I. The van der Waals surface area contributed by atoms with Crippen LogP contribution in [0.15, 0.2) is 0 Å². The van der Waals surface area contributed by atoms with Crippen LogP contribution < -0.4 is 31.5 Å². The first-order valence-corrected chi connectivity index (χ1v) is 23.4. The molecule has 346 valence electrons. The fraction of sp³-hybridized carbons (Fsp3) is 0.486. The Bertz CT molecular complexity index is 1950. The van der Waals surface area contributed by atoms with Gasteiger partial charge in [-0.3, -0.25) is 28.8 Å². The van der Waals surface area contributed by atoms with Gasteiger partial charge in [-0.25, -0.2) is 0 Å². The first kappa shape index (κ1) is 56.6. The zero-order chi connectivity index (χ0) is 47.3. The number of hydrogen-bond acceptors (Lipinski definition) is 16. The molecule has 15 N–H and O–H groups in total. The third-order valence-corrected chi connectivity index (χ3v) is 13.9. The van der Waals surface area contributed by atoms with Crippen molar-refractivity contribution in [1.82, 2.24) is 16.0 Å². The molecular formula is C35H45I5N6O16. The number of primary amides is 1. The van der Waals surface area contributed by atoms with Crippen molar-refractivity contribution in [2.75, 3.05) is 75.6 Å². The molecule has 5 atom stereocenters. The molecule has 0 aliphatic heterocycles. The smallest absolute Gasteiger partial charge is 0.253 e. The highest BCUT2D eigenvalue weighted by molar-refractivity contribution is 14.1. The molecule has 0 aliphatic rings. The number of benzene rings is 2. The Hall–Kier alpha value is -1.49. The second-order valence-electron chi connectivity index (χ2n) is 13.3. The van der Waals surface area contributed by atoms with Crippen molar-refractivity contribution in [2.45, 2.75) is 43.9 Å². The summed E-state index contributed by atoms with van der Waals surface area (Å²) in [7, 11) is 0. The molecule has 0 spiro atoms. The average molecular weight is 1440 g/mol. The van der Waals surface area contributed by atoms with Crippen molar-refractivity contribution in [3.8, 4) is 0 Å². The van der Waals surface area contributed by atoms with E-state index in [1.54, 1.807) is 113 Å². The van der Waals surface area contributed by atoms with Gasteiger partial charge in [-0.05, 0) is 125 Å². The molecule has 0 fully saturated rings. The molecular weight excluding hydrogens is 1390 g/mol. The lowest BCUT2D eigenvalue weighted by Gasteiger charge is -2.32. The van der Waals surface area contributed by atoms with E-state index in [4.69, 9.17) is 5.73 Å². The molecule has 2 aromatic rings. The van der Waals surface area contributed by atoms with Crippen LogP contribution in [0.1, 0.15) is 53.4 Å². The van der Waals surface area contributed by atoms with Gasteiger partial charge in [0.1, 0.15) is 6.42 Å². The number of carbonyl (C=O) groups is 6. The molecule has 6 amide bonds. The van der Waals surface area contributed by atoms with E-state index in [2.05, 4.69) is 16.0 Å². The monoisotopic (exact) mass is 1440 g/mol. The zero-order valence-corrected chi connectivity index (χ0v) is 43.2. The fourth-order valence-corrected chi connectivity index (χ4v) is 13.1. The van der Waals surface area contributed by atoms with Crippen LogP contribution in [0, 0.1) is 24.8 Å². The Kier molecular flexibility index (Phi) is 24.3. The predicted octanol–water partition coefficient (Wildman–Crippen LogP) is -3.17. The van der Waals surface area contributed by atoms with Crippen LogP contribution in [0.25, 0.3) is 0 Å². The molecule has 0 aliphatic carbocycles. The standard InChI is InChI=1S/C35H45I5N6O16/c1-13-21(32(41)59)25(36)22(33(60)42-3-14(52)8-47)27(38)30(13)45(6-17(55)11-50)19(57)2-20(58)46(7-18(56)12-51)31-28(39)23(34(61)43-4-15(53)9-48)26(37)24(29(31)40)35(62)44-5-16(54)10-49/h14-18,47-56H,2-12H2,1H3,(H2,41,59)(H,42,60)(H,43,61)(H,44,62). The van der Waals surface area contributed by atoms with E-state index in [0.29, 0.717) is 0 Å². The summed E-state index contributed by atoms with van der Waals surface area (Å²) in [4.78, 5) is 84.5. The molecule has 2 aromatic carbocycles. The van der Waals surface area contributed by atoms with Gasteiger partial charge in [-0.1, -0.05) is 0 Å². The Labute approximate surface area is 422 Å². The third-order valence-electron chi connectivity index (χ3n) is 8.60. The van der Waals surface area contributed by atoms with Crippen LogP contribution in [-0.4, -0.2) is 183 Å². The molecule has 27 heteroatoms. The van der Waals surface area contributed by atoms with Crippen molar-refractivity contribution < 1.29 is 79.8 Å². The Morgan fingerprint density at radius 2 is 0.790 bits per heavy atom. The maximum atomic E-state index is 14.6. The number of amides is 6. The molecule has 0 aromatic heterocycles. The first-order chi connectivity index (χ1) is 29.0. The zero-order valence-electron chi connectivity index (χ0n) is 32.4. The summed E-state index contributed by atoms with van der Waals surface area (Å²) in [5.41, 5.74) is 4.41. The van der Waals surface area contributed by atoms with Crippen LogP contribution in [0.3, 0.4) is 0 Å². The lowest BCUT2D eigenvalue weighted by molar-refractivity contribution is -0.127. The molecule has 5 unspecified atom stereocenters.